The second-order valence-electron chi connectivity index (χ2n) is 13.4. The monoisotopic (exact) mass is 760 g/mol. The molecule has 3 aromatic carbocycles. The molecule has 1 aromatic heterocycles. The highest BCUT2D eigenvalue weighted by molar-refractivity contribution is 7.44. The van der Waals surface area contributed by atoms with Gasteiger partial charge in [0, 0.05) is 24.3 Å². The molecule has 0 aliphatic carbocycles. The standard InChI is InChI=1S/C40H49N4O9P/c1-29(2)44(30(3)4)54(51-24-10-22-41)52-28-39(26-49-25-37(53-39)43-23-21-36(45)42-38(43)46)27-50-40(31-11-8-7-9-12-31,32-13-17-34(47-5)18-14-32)33-15-19-35(48-6)20-16-33/h7-9,11-21,23,29-30,37H,10,24-28H2,1-6H3,(H,42,45,46)/t37-,39+,54?/m1/s1. The molecule has 13 nitrogen and oxygen atoms in total. The molecule has 1 fully saturated rings. The van der Waals surface area contributed by atoms with Crippen molar-refractivity contribution in [1.82, 2.24) is 14.2 Å². The normalized spacial score (nSPS) is 18.1. The van der Waals surface area contributed by atoms with Crippen LogP contribution in [-0.2, 0) is 28.9 Å². The summed E-state index contributed by atoms with van der Waals surface area (Å²) in [5.74, 6) is 1.37. The number of rotatable bonds is 18. The molecule has 14 heteroatoms. The van der Waals surface area contributed by atoms with E-state index in [9.17, 15) is 14.9 Å². The zero-order chi connectivity index (χ0) is 38.7. The molecule has 0 amide bonds. The van der Waals surface area contributed by atoms with Gasteiger partial charge in [-0.2, -0.15) is 5.26 Å². The minimum absolute atomic E-state index is 0.0338. The van der Waals surface area contributed by atoms with Gasteiger partial charge < -0.3 is 32.7 Å². The van der Waals surface area contributed by atoms with Crippen LogP contribution in [0.2, 0.25) is 0 Å². The number of methoxy groups -OCH3 is 2. The van der Waals surface area contributed by atoms with Gasteiger partial charge in [0.15, 0.2) is 6.23 Å². The summed E-state index contributed by atoms with van der Waals surface area (Å²) in [4.78, 5) is 27.3. The Labute approximate surface area is 317 Å². The van der Waals surface area contributed by atoms with Gasteiger partial charge in [-0.25, -0.2) is 9.46 Å². The van der Waals surface area contributed by atoms with Gasteiger partial charge >= 0.3 is 5.69 Å². The quantitative estimate of drug-likeness (QED) is 0.0709. The number of hydrogen-bond donors (Lipinski definition) is 1. The minimum Gasteiger partial charge on any atom is -0.497 e. The fourth-order valence-corrected chi connectivity index (χ4v) is 8.18. The van der Waals surface area contributed by atoms with Gasteiger partial charge in [-0.05, 0) is 68.7 Å². The molecule has 1 unspecified atom stereocenters. The van der Waals surface area contributed by atoms with Crippen LogP contribution in [0.3, 0.4) is 0 Å². The number of nitriles is 1. The summed E-state index contributed by atoms with van der Waals surface area (Å²) in [6, 6.07) is 28.8. The maximum Gasteiger partial charge on any atom is 0.330 e. The Morgan fingerprint density at radius 1 is 0.889 bits per heavy atom. The van der Waals surface area contributed by atoms with Crippen LogP contribution in [0.4, 0.5) is 0 Å². The highest BCUT2D eigenvalue weighted by Gasteiger charge is 2.46. The molecule has 0 radical (unpaired) electrons. The second kappa shape index (κ2) is 18.8. The third-order valence-corrected chi connectivity index (χ3v) is 11.1. The van der Waals surface area contributed by atoms with Gasteiger partial charge in [-0.3, -0.25) is 14.3 Å². The number of benzene rings is 3. The topological polar surface area (TPSA) is 146 Å². The fourth-order valence-electron chi connectivity index (χ4n) is 6.49. The van der Waals surface area contributed by atoms with Crippen LogP contribution in [0.1, 0.15) is 57.0 Å². The van der Waals surface area contributed by atoms with Gasteiger partial charge in [0.1, 0.15) is 22.7 Å². The van der Waals surface area contributed by atoms with Crippen LogP contribution in [0.25, 0.3) is 0 Å². The number of H-pyrrole nitrogens is 1. The summed E-state index contributed by atoms with van der Waals surface area (Å²) >= 11 is 0. The van der Waals surface area contributed by atoms with Crippen molar-refractivity contribution in [2.75, 3.05) is 47.3 Å². The highest BCUT2D eigenvalue weighted by Crippen LogP contribution is 2.48. The molecule has 2 heterocycles. The Morgan fingerprint density at radius 2 is 1.48 bits per heavy atom. The van der Waals surface area contributed by atoms with Crippen LogP contribution >= 0.6 is 8.53 Å². The third-order valence-electron chi connectivity index (χ3n) is 9.00. The van der Waals surface area contributed by atoms with E-state index in [1.54, 1.807) is 14.2 Å². The molecular weight excluding hydrogens is 711 g/mol. The number of nitrogens with zero attached hydrogens (tertiary/aromatic N) is 3. The van der Waals surface area contributed by atoms with E-state index in [1.807, 2.05) is 78.9 Å². The van der Waals surface area contributed by atoms with E-state index in [1.165, 1.54) is 16.8 Å². The van der Waals surface area contributed by atoms with Crippen LogP contribution in [-0.4, -0.2) is 79.2 Å². The van der Waals surface area contributed by atoms with E-state index >= 15 is 0 Å². The Bertz CT molecular complexity index is 1870. The summed E-state index contributed by atoms with van der Waals surface area (Å²) in [6.45, 7) is 8.34. The second-order valence-corrected chi connectivity index (χ2v) is 14.9. The van der Waals surface area contributed by atoms with E-state index in [-0.39, 0.29) is 51.5 Å². The van der Waals surface area contributed by atoms with Gasteiger partial charge in [0.2, 0.25) is 0 Å². The molecule has 0 saturated carbocycles. The first kappa shape index (κ1) is 40.8. The predicted molar refractivity (Wildman–Crippen MR) is 204 cm³/mol. The van der Waals surface area contributed by atoms with Crippen LogP contribution in [0, 0.1) is 11.3 Å². The number of hydrogen-bond acceptors (Lipinski definition) is 11. The summed E-state index contributed by atoms with van der Waals surface area (Å²) in [7, 11) is 1.55. The van der Waals surface area contributed by atoms with Crippen LogP contribution in [0.15, 0.2) is 101 Å². The number of nitrogens with one attached hydrogen (secondary N) is 1. The molecule has 0 spiro atoms. The lowest BCUT2D eigenvalue weighted by atomic mass is 9.79. The predicted octanol–water partition coefficient (Wildman–Crippen LogP) is 6.14. The Kier molecular flexibility index (Phi) is 14.2. The smallest absolute Gasteiger partial charge is 0.330 e. The molecule has 3 atom stereocenters. The van der Waals surface area contributed by atoms with E-state index in [4.69, 9.17) is 32.7 Å². The molecule has 1 saturated heterocycles. The molecule has 54 heavy (non-hydrogen) atoms. The summed E-state index contributed by atoms with van der Waals surface area (Å²) < 4.78 is 47.7. The van der Waals surface area contributed by atoms with Crippen LogP contribution in [0.5, 0.6) is 11.5 Å². The maximum atomic E-state index is 13.0. The molecule has 4 aromatic rings. The number of aromatic nitrogens is 2. The zero-order valence-electron chi connectivity index (χ0n) is 31.6. The zero-order valence-corrected chi connectivity index (χ0v) is 32.5. The van der Waals surface area contributed by atoms with Crippen molar-refractivity contribution in [3.8, 4) is 17.6 Å². The Morgan fingerprint density at radius 3 is 2.02 bits per heavy atom. The number of aromatic amines is 1. The van der Waals surface area contributed by atoms with Crippen molar-refractivity contribution in [1.29, 1.82) is 5.26 Å². The lowest BCUT2D eigenvalue weighted by Gasteiger charge is -2.45. The van der Waals surface area contributed by atoms with Crippen LogP contribution < -0.4 is 20.7 Å². The van der Waals surface area contributed by atoms with Crippen molar-refractivity contribution >= 4 is 8.53 Å². The van der Waals surface area contributed by atoms with Gasteiger partial charge in [-0.15, -0.1) is 0 Å². The molecule has 5 rings (SSSR count). The van der Waals surface area contributed by atoms with Crippen molar-refractivity contribution in [2.45, 2.75) is 63.6 Å². The summed E-state index contributed by atoms with van der Waals surface area (Å²) in [6.07, 6.45) is 0.647. The first-order valence-corrected chi connectivity index (χ1v) is 19.0. The molecule has 0 bridgehead atoms. The van der Waals surface area contributed by atoms with Crippen molar-refractivity contribution in [3.05, 3.63) is 129 Å². The molecule has 1 N–H and O–H groups in total. The Balaban J connectivity index is 1.63. The van der Waals surface area contributed by atoms with Gasteiger partial charge in [0.25, 0.3) is 14.1 Å². The third kappa shape index (κ3) is 9.46. The lowest BCUT2D eigenvalue weighted by molar-refractivity contribution is -0.259. The lowest BCUT2D eigenvalue weighted by Crippen LogP contribution is -2.55. The molecule has 288 valence electrons. The summed E-state index contributed by atoms with van der Waals surface area (Å²) in [5, 5.41) is 9.28. The largest absolute Gasteiger partial charge is 0.497 e. The van der Waals surface area contributed by atoms with E-state index in [2.05, 4.69) is 43.4 Å². The molecule has 1 aliphatic rings. The first-order chi connectivity index (χ1) is 26.1. The van der Waals surface area contributed by atoms with Crippen molar-refractivity contribution < 1.29 is 32.7 Å². The van der Waals surface area contributed by atoms with Crippen molar-refractivity contribution in [2.24, 2.45) is 0 Å². The summed E-state index contributed by atoms with van der Waals surface area (Å²) in [5.41, 5.74) is -1.21. The van der Waals surface area contributed by atoms with Crippen molar-refractivity contribution in [3.63, 3.8) is 0 Å². The van der Waals surface area contributed by atoms with Gasteiger partial charge in [0.05, 0.1) is 59.7 Å². The average Bonchev–Trinajstić information content (AvgIpc) is 3.18. The van der Waals surface area contributed by atoms with E-state index in [0.717, 1.165) is 16.7 Å². The SMILES string of the molecule is COc1ccc(C(OC[C@]2(COP(OCCC#N)N(C(C)C)C(C)C)COC[C@H](n3ccc(=O)[nH]c3=O)O2)(c2ccccc2)c2ccc(OC)cc2)cc1. The minimum atomic E-state index is -1.68. The first-order valence-electron chi connectivity index (χ1n) is 17.8. The van der Waals surface area contributed by atoms with E-state index < -0.39 is 37.2 Å². The highest BCUT2D eigenvalue weighted by atomic mass is 31.2. The average molecular weight is 761 g/mol. The van der Waals surface area contributed by atoms with E-state index in [0.29, 0.717) is 11.5 Å². The molecular formula is C40H49N4O9P. The van der Waals surface area contributed by atoms with Gasteiger partial charge in [-0.1, -0.05) is 54.6 Å². The Hall–Kier alpha value is -4.38. The maximum absolute atomic E-state index is 13.0. The fraction of sp³-hybridized carbons (Fsp3) is 0.425. The molecule has 1 aliphatic heterocycles. The number of ether oxygens (including phenoxy) is 5.